The highest BCUT2D eigenvalue weighted by molar-refractivity contribution is 5.92. The maximum atomic E-state index is 12.6. The summed E-state index contributed by atoms with van der Waals surface area (Å²) in [5, 5.41) is 11.6. The average Bonchev–Trinajstić information content (AvgIpc) is 3.18. The number of hydrogen-bond donors (Lipinski definition) is 1. The van der Waals surface area contributed by atoms with Crippen LogP contribution in [0.15, 0.2) is 11.2 Å². The molecule has 1 aromatic heterocycles. The molecule has 0 radical (unpaired) electrons. The summed E-state index contributed by atoms with van der Waals surface area (Å²) in [6.45, 7) is 3.84. The number of rotatable bonds is 6. The number of aromatic nitrogens is 2. The fourth-order valence-electron chi connectivity index (χ4n) is 3.38. The van der Waals surface area contributed by atoms with Gasteiger partial charge in [-0.3, -0.25) is 14.3 Å². The van der Waals surface area contributed by atoms with Gasteiger partial charge in [0, 0.05) is 31.8 Å². The monoisotopic (exact) mass is 359 g/mol. The third kappa shape index (κ3) is 3.73. The van der Waals surface area contributed by atoms with E-state index in [4.69, 9.17) is 4.84 Å². The summed E-state index contributed by atoms with van der Waals surface area (Å²) in [4.78, 5) is 31.6. The second kappa shape index (κ2) is 7.09. The van der Waals surface area contributed by atoms with Crippen LogP contribution in [0.2, 0.25) is 0 Å². The molecule has 0 spiro atoms. The van der Waals surface area contributed by atoms with E-state index in [2.05, 4.69) is 15.6 Å². The van der Waals surface area contributed by atoms with Crippen LogP contribution < -0.4 is 5.32 Å². The molecule has 8 nitrogen and oxygen atoms in total. The van der Waals surface area contributed by atoms with Crippen LogP contribution in [0.1, 0.15) is 50.4 Å². The Morgan fingerprint density at radius 2 is 2.19 bits per heavy atom. The molecule has 1 N–H and O–H groups in total. The highest BCUT2D eigenvalue weighted by Gasteiger charge is 2.33. The summed E-state index contributed by atoms with van der Waals surface area (Å²) in [5.41, 5.74) is 2.86. The van der Waals surface area contributed by atoms with Gasteiger partial charge in [-0.2, -0.15) is 5.10 Å². The first-order valence-corrected chi connectivity index (χ1v) is 9.47. The van der Waals surface area contributed by atoms with Crippen molar-refractivity contribution in [3.63, 3.8) is 0 Å². The lowest BCUT2D eigenvalue weighted by Gasteiger charge is -2.29. The van der Waals surface area contributed by atoms with Gasteiger partial charge in [-0.05, 0) is 25.3 Å². The van der Waals surface area contributed by atoms with Gasteiger partial charge in [0.15, 0.2) is 0 Å². The van der Waals surface area contributed by atoms with Gasteiger partial charge in [0.2, 0.25) is 12.0 Å². The van der Waals surface area contributed by atoms with Gasteiger partial charge in [-0.25, -0.2) is 0 Å². The molecule has 3 heterocycles. The molecule has 0 saturated heterocycles. The van der Waals surface area contributed by atoms with Gasteiger partial charge < -0.3 is 15.1 Å². The average molecular weight is 359 g/mol. The first-order chi connectivity index (χ1) is 12.6. The highest BCUT2D eigenvalue weighted by Crippen LogP contribution is 2.21. The molecule has 1 aromatic rings. The lowest BCUT2D eigenvalue weighted by atomic mass is 10.1. The molecule has 1 aliphatic carbocycles. The summed E-state index contributed by atoms with van der Waals surface area (Å²) in [6.07, 6.45) is 4.22. The quantitative estimate of drug-likeness (QED) is 0.820. The SMILES string of the molecule is CCC1=NO[C@H](C(=O)N2CCn3nc(CCC(=O)NC4CC4)cc3C2)C1. The minimum absolute atomic E-state index is 0.00462. The lowest BCUT2D eigenvalue weighted by Crippen LogP contribution is -2.43. The van der Waals surface area contributed by atoms with Crippen LogP contribution >= 0.6 is 0 Å². The molecule has 2 amide bonds. The maximum absolute atomic E-state index is 12.6. The number of aryl methyl sites for hydroxylation is 1. The first-order valence-electron chi connectivity index (χ1n) is 9.47. The number of hydrogen-bond acceptors (Lipinski definition) is 5. The number of oxime groups is 1. The molecule has 0 bridgehead atoms. The Balaban J connectivity index is 1.31. The predicted molar refractivity (Wildman–Crippen MR) is 94.3 cm³/mol. The summed E-state index contributed by atoms with van der Waals surface area (Å²) >= 11 is 0. The number of nitrogens with zero attached hydrogens (tertiary/aromatic N) is 4. The van der Waals surface area contributed by atoms with E-state index < -0.39 is 6.10 Å². The number of carbonyl (C=O) groups excluding carboxylic acids is 2. The van der Waals surface area contributed by atoms with Crippen LogP contribution in [0, 0.1) is 0 Å². The predicted octanol–water partition coefficient (Wildman–Crippen LogP) is 0.991. The van der Waals surface area contributed by atoms with Crippen molar-refractivity contribution >= 4 is 17.5 Å². The molecule has 1 fully saturated rings. The van der Waals surface area contributed by atoms with Gasteiger partial charge in [0.25, 0.3) is 5.91 Å². The van der Waals surface area contributed by atoms with Crippen molar-refractivity contribution in [2.75, 3.05) is 6.54 Å². The van der Waals surface area contributed by atoms with Crippen LogP contribution in [-0.4, -0.2) is 50.9 Å². The van der Waals surface area contributed by atoms with Gasteiger partial charge in [0.1, 0.15) is 0 Å². The third-order valence-corrected chi connectivity index (χ3v) is 5.12. The zero-order valence-electron chi connectivity index (χ0n) is 15.1. The number of nitrogens with one attached hydrogen (secondary N) is 1. The Labute approximate surface area is 152 Å². The van der Waals surface area contributed by atoms with E-state index in [1.54, 1.807) is 0 Å². The fourth-order valence-corrected chi connectivity index (χ4v) is 3.38. The molecule has 0 aromatic carbocycles. The van der Waals surface area contributed by atoms with Crippen molar-refractivity contribution in [1.29, 1.82) is 0 Å². The van der Waals surface area contributed by atoms with Gasteiger partial charge in [-0.1, -0.05) is 12.1 Å². The normalized spacial score (nSPS) is 21.8. The Kier molecular flexibility index (Phi) is 4.65. The van der Waals surface area contributed by atoms with Crippen LogP contribution in [0.3, 0.4) is 0 Å². The largest absolute Gasteiger partial charge is 0.382 e. The number of carbonyl (C=O) groups is 2. The topological polar surface area (TPSA) is 88.8 Å². The van der Waals surface area contributed by atoms with Gasteiger partial charge >= 0.3 is 0 Å². The summed E-state index contributed by atoms with van der Waals surface area (Å²) in [6, 6.07) is 2.40. The van der Waals surface area contributed by atoms with Crippen molar-refractivity contribution < 1.29 is 14.4 Å². The molecule has 0 unspecified atom stereocenters. The van der Waals surface area contributed by atoms with E-state index in [1.165, 1.54) is 0 Å². The number of amides is 2. The van der Waals surface area contributed by atoms with Gasteiger partial charge in [0.05, 0.1) is 30.2 Å². The van der Waals surface area contributed by atoms with Crippen molar-refractivity contribution in [2.24, 2.45) is 5.16 Å². The zero-order valence-corrected chi connectivity index (χ0v) is 15.1. The van der Waals surface area contributed by atoms with Crippen LogP contribution in [0.4, 0.5) is 0 Å². The van der Waals surface area contributed by atoms with E-state index in [1.807, 2.05) is 22.6 Å². The van der Waals surface area contributed by atoms with Crippen LogP contribution in [0.5, 0.6) is 0 Å². The summed E-state index contributed by atoms with van der Waals surface area (Å²) < 4.78 is 1.95. The lowest BCUT2D eigenvalue weighted by molar-refractivity contribution is -0.143. The zero-order chi connectivity index (χ0) is 18.1. The molecule has 8 heteroatoms. The van der Waals surface area contributed by atoms with E-state index in [9.17, 15) is 9.59 Å². The van der Waals surface area contributed by atoms with Crippen LogP contribution in [0.25, 0.3) is 0 Å². The minimum atomic E-state index is -0.481. The summed E-state index contributed by atoms with van der Waals surface area (Å²) in [7, 11) is 0. The minimum Gasteiger partial charge on any atom is -0.382 e. The third-order valence-electron chi connectivity index (χ3n) is 5.12. The molecule has 3 aliphatic rings. The smallest absolute Gasteiger partial charge is 0.267 e. The van der Waals surface area contributed by atoms with Gasteiger partial charge in [-0.15, -0.1) is 0 Å². The molecular weight excluding hydrogens is 334 g/mol. The first kappa shape index (κ1) is 17.1. The van der Waals surface area contributed by atoms with Crippen molar-refractivity contribution in [3.05, 3.63) is 17.5 Å². The second-order valence-electron chi connectivity index (χ2n) is 7.26. The van der Waals surface area contributed by atoms with E-state index >= 15 is 0 Å². The highest BCUT2D eigenvalue weighted by atomic mass is 16.6. The Hall–Kier alpha value is -2.38. The van der Waals surface area contributed by atoms with Crippen molar-refractivity contribution in [2.45, 2.75) is 70.7 Å². The summed E-state index contributed by atoms with van der Waals surface area (Å²) in [5.74, 6) is 0.0930. The standard InChI is InChI=1S/C18H25N5O3/c1-2-12-10-16(26-21-12)18(25)22-7-8-23-15(11-22)9-14(20-23)5-6-17(24)19-13-3-4-13/h9,13,16H,2-8,10-11H2,1H3,(H,19,24)/t16-/m0/s1. The van der Waals surface area contributed by atoms with Crippen molar-refractivity contribution in [3.8, 4) is 0 Å². The molecule has 1 saturated carbocycles. The maximum Gasteiger partial charge on any atom is 0.267 e. The Morgan fingerprint density at radius 1 is 1.35 bits per heavy atom. The Bertz CT molecular complexity index is 737. The van der Waals surface area contributed by atoms with E-state index in [-0.39, 0.29) is 11.8 Å². The molecule has 2 aliphatic heterocycles. The van der Waals surface area contributed by atoms with Crippen LogP contribution in [-0.2, 0) is 33.9 Å². The fraction of sp³-hybridized carbons (Fsp3) is 0.667. The molecule has 1 atom stereocenters. The molecule has 4 rings (SSSR count). The van der Waals surface area contributed by atoms with Crippen molar-refractivity contribution in [1.82, 2.24) is 20.0 Å². The Morgan fingerprint density at radius 3 is 2.92 bits per heavy atom. The molecular formula is C18H25N5O3. The molecule has 26 heavy (non-hydrogen) atoms. The second-order valence-corrected chi connectivity index (χ2v) is 7.26. The van der Waals surface area contributed by atoms with E-state index in [0.717, 1.165) is 36.4 Å². The van der Waals surface area contributed by atoms with E-state index in [0.29, 0.717) is 44.9 Å². The molecule has 140 valence electrons. The number of fused-ring (bicyclic) bond motifs is 1.